The molecule has 28 heavy (non-hydrogen) atoms. The molecule has 10 heteroatoms. The number of nitrogens with zero attached hydrogens (tertiary/aromatic N) is 2. The van der Waals surface area contributed by atoms with Crippen LogP contribution in [0.1, 0.15) is 29.7 Å². The van der Waals surface area contributed by atoms with Gasteiger partial charge in [0.15, 0.2) is 17.3 Å². The number of alkyl halides is 3. The molecule has 1 amide bonds. The molecular formula is C18H17F3N2O5. The lowest BCUT2D eigenvalue weighted by atomic mass is 10.1. The van der Waals surface area contributed by atoms with Gasteiger partial charge in [0.1, 0.15) is 12.4 Å². The van der Waals surface area contributed by atoms with Gasteiger partial charge in [0.25, 0.3) is 5.72 Å². The third-order valence-electron chi connectivity index (χ3n) is 4.08. The van der Waals surface area contributed by atoms with E-state index >= 15 is 0 Å². The highest BCUT2D eigenvalue weighted by Gasteiger charge is 2.63. The molecule has 7 nitrogen and oxygen atoms in total. The topological polar surface area (TPSA) is 84.5 Å². The second-order valence-electron chi connectivity index (χ2n) is 6.15. The van der Waals surface area contributed by atoms with E-state index in [0.29, 0.717) is 11.5 Å². The molecule has 0 radical (unpaired) electrons. The van der Waals surface area contributed by atoms with Crippen LogP contribution in [0.25, 0.3) is 0 Å². The monoisotopic (exact) mass is 398 g/mol. The van der Waals surface area contributed by atoms with Crippen LogP contribution in [-0.2, 0) is 6.61 Å². The molecule has 2 heterocycles. The number of furan rings is 1. The number of hydrogen-bond donors (Lipinski definition) is 1. The first-order valence-electron chi connectivity index (χ1n) is 8.18. The number of benzene rings is 1. The first-order chi connectivity index (χ1) is 13.2. The molecule has 1 aromatic carbocycles. The number of hydrazone groups is 1. The molecule has 3 rings (SSSR count). The molecule has 1 atom stereocenters. The van der Waals surface area contributed by atoms with Crippen molar-refractivity contribution in [3.05, 3.63) is 47.9 Å². The number of amides is 1. The van der Waals surface area contributed by atoms with Gasteiger partial charge in [-0.05, 0) is 31.2 Å². The molecule has 1 aliphatic heterocycles. The van der Waals surface area contributed by atoms with E-state index in [1.165, 1.54) is 26.2 Å². The summed E-state index contributed by atoms with van der Waals surface area (Å²) in [4.78, 5) is 12.4. The van der Waals surface area contributed by atoms with Crippen molar-refractivity contribution in [2.45, 2.75) is 31.9 Å². The van der Waals surface area contributed by atoms with Crippen LogP contribution >= 0.6 is 0 Å². The Morgan fingerprint density at radius 1 is 1.29 bits per heavy atom. The van der Waals surface area contributed by atoms with Gasteiger partial charge in [-0.25, -0.2) is 0 Å². The minimum atomic E-state index is -5.08. The van der Waals surface area contributed by atoms with Gasteiger partial charge in [0.05, 0.1) is 7.11 Å². The lowest BCUT2D eigenvalue weighted by Gasteiger charge is -2.32. The molecule has 0 unspecified atom stereocenters. The van der Waals surface area contributed by atoms with Gasteiger partial charge >= 0.3 is 12.1 Å². The molecule has 0 aliphatic carbocycles. The summed E-state index contributed by atoms with van der Waals surface area (Å²) in [7, 11) is 1.48. The van der Waals surface area contributed by atoms with Gasteiger partial charge in [-0.2, -0.15) is 23.3 Å². The SMILES string of the molecule is COc1ccccc1OCc1ccc(C(=O)N2N=C(C)C[C@@]2(O)C(F)(F)F)o1. The molecule has 0 spiro atoms. The maximum Gasteiger partial charge on any atom is 0.438 e. The third kappa shape index (κ3) is 3.55. The average molecular weight is 398 g/mol. The van der Waals surface area contributed by atoms with E-state index in [4.69, 9.17) is 13.9 Å². The van der Waals surface area contributed by atoms with Crippen molar-refractivity contribution < 1.29 is 37.0 Å². The minimum absolute atomic E-state index is 0.00598. The number of methoxy groups -OCH3 is 1. The lowest BCUT2D eigenvalue weighted by molar-refractivity contribution is -0.297. The Morgan fingerprint density at radius 3 is 2.61 bits per heavy atom. The Hall–Kier alpha value is -3.01. The summed E-state index contributed by atoms with van der Waals surface area (Å²) in [6.07, 6.45) is -5.90. The highest BCUT2D eigenvalue weighted by molar-refractivity contribution is 5.96. The number of ether oxygens (including phenoxy) is 2. The average Bonchev–Trinajstić information content (AvgIpc) is 3.24. The maximum absolute atomic E-state index is 13.2. The zero-order valence-corrected chi connectivity index (χ0v) is 15.0. The van der Waals surface area contributed by atoms with Crippen LogP contribution in [0.15, 0.2) is 45.9 Å². The number of carbonyl (C=O) groups excluding carboxylic acids is 1. The largest absolute Gasteiger partial charge is 0.493 e. The van der Waals surface area contributed by atoms with E-state index < -0.39 is 30.0 Å². The zero-order chi connectivity index (χ0) is 20.5. The van der Waals surface area contributed by atoms with Gasteiger partial charge in [0, 0.05) is 12.1 Å². The van der Waals surface area contributed by atoms with E-state index in [0.717, 1.165) is 0 Å². The Balaban J connectivity index is 1.75. The van der Waals surface area contributed by atoms with Crippen LogP contribution in [-0.4, -0.2) is 40.7 Å². The van der Waals surface area contributed by atoms with Crippen molar-refractivity contribution in [1.29, 1.82) is 0 Å². The first-order valence-corrected chi connectivity index (χ1v) is 8.18. The second kappa shape index (κ2) is 7.19. The fourth-order valence-corrected chi connectivity index (χ4v) is 2.72. The second-order valence-corrected chi connectivity index (χ2v) is 6.15. The van der Waals surface area contributed by atoms with Crippen LogP contribution < -0.4 is 9.47 Å². The molecule has 2 aromatic rings. The van der Waals surface area contributed by atoms with Crippen molar-refractivity contribution in [2.75, 3.05) is 7.11 Å². The zero-order valence-electron chi connectivity index (χ0n) is 15.0. The van der Waals surface area contributed by atoms with E-state index in [9.17, 15) is 23.1 Å². The molecule has 0 saturated heterocycles. The number of halogens is 3. The first kappa shape index (κ1) is 19.7. The summed E-state index contributed by atoms with van der Waals surface area (Å²) in [6.45, 7) is 1.21. The number of para-hydroxylation sites is 2. The molecule has 1 aromatic heterocycles. The highest BCUT2D eigenvalue weighted by atomic mass is 19.4. The lowest BCUT2D eigenvalue weighted by Crippen LogP contribution is -2.56. The molecular weight excluding hydrogens is 381 g/mol. The predicted octanol–water partition coefficient (Wildman–Crippen LogP) is 3.34. The Morgan fingerprint density at radius 2 is 1.96 bits per heavy atom. The van der Waals surface area contributed by atoms with E-state index in [2.05, 4.69) is 5.10 Å². The van der Waals surface area contributed by atoms with Crippen molar-refractivity contribution in [3.63, 3.8) is 0 Å². The quantitative estimate of drug-likeness (QED) is 0.835. The summed E-state index contributed by atoms with van der Waals surface area (Å²) in [5, 5.41) is 13.5. The van der Waals surface area contributed by atoms with Crippen LogP contribution in [0.3, 0.4) is 0 Å². The Kier molecular flexibility index (Phi) is 5.07. The molecule has 0 fully saturated rings. The summed E-state index contributed by atoms with van der Waals surface area (Å²) >= 11 is 0. The number of carbonyl (C=O) groups is 1. The number of aliphatic hydroxyl groups is 1. The Labute approximate surface area is 158 Å². The summed E-state index contributed by atoms with van der Waals surface area (Å²) in [5.74, 6) is -0.493. The van der Waals surface area contributed by atoms with Gasteiger partial charge in [-0.3, -0.25) is 4.79 Å². The predicted molar refractivity (Wildman–Crippen MR) is 90.9 cm³/mol. The van der Waals surface area contributed by atoms with Crippen molar-refractivity contribution in [3.8, 4) is 11.5 Å². The summed E-state index contributed by atoms with van der Waals surface area (Å²) in [5.41, 5.74) is -3.44. The van der Waals surface area contributed by atoms with Gasteiger partial charge in [-0.1, -0.05) is 12.1 Å². The smallest absolute Gasteiger partial charge is 0.438 e. The van der Waals surface area contributed by atoms with E-state index in [1.807, 2.05) is 0 Å². The van der Waals surface area contributed by atoms with Gasteiger partial charge in [-0.15, -0.1) is 0 Å². The van der Waals surface area contributed by atoms with Crippen molar-refractivity contribution >= 4 is 11.6 Å². The molecule has 0 bridgehead atoms. The maximum atomic E-state index is 13.2. The third-order valence-corrected chi connectivity index (χ3v) is 4.08. The standard InChI is InChI=1S/C18H17F3N2O5/c1-11-9-17(25,18(19,20)21)23(22-11)16(24)15-8-7-12(28-15)10-27-14-6-4-3-5-13(14)26-2/h3-8,25H,9-10H2,1-2H3/t17-/m1/s1. The number of rotatable bonds is 5. The van der Waals surface area contributed by atoms with Crippen molar-refractivity contribution in [1.82, 2.24) is 5.01 Å². The fraction of sp³-hybridized carbons (Fsp3) is 0.333. The van der Waals surface area contributed by atoms with Crippen LogP contribution in [0.4, 0.5) is 13.2 Å². The van der Waals surface area contributed by atoms with Crippen LogP contribution in [0.5, 0.6) is 11.5 Å². The van der Waals surface area contributed by atoms with Crippen molar-refractivity contribution in [2.24, 2.45) is 5.10 Å². The van der Waals surface area contributed by atoms with Crippen LogP contribution in [0, 0.1) is 0 Å². The van der Waals surface area contributed by atoms with Crippen LogP contribution in [0.2, 0.25) is 0 Å². The van der Waals surface area contributed by atoms with E-state index in [1.54, 1.807) is 24.3 Å². The fourth-order valence-electron chi connectivity index (χ4n) is 2.72. The Bertz CT molecular complexity index is 909. The summed E-state index contributed by atoms with van der Waals surface area (Å²) in [6, 6.07) is 9.44. The normalized spacial score (nSPS) is 19.5. The molecule has 1 aliphatic rings. The summed E-state index contributed by atoms with van der Waals surface area (Å²) < 4.78 is 55.7. The highest BCUT2D eigenvalue weighted by Crippen LogP contribution is 2.41. The van der Waals surface area contributed by atoms with Gasteiger partial charge < -0.3 is 19.0 Å². The minimum Gasteiger partial charge on any atom is -0.493 e. The molecule has 0 saturated carbocycles. The van der Waals surface area contributed by atoms with Gasteiger partial charge in [0.2, 0.25) is 0 Å². The molecule has 1 N–H and O–H groups in total. The number of hydrogen-bond acceptors (Lipinski definition) is 6. The van der Waals surface area contributed by atoms with E-state index in [-0.39, 0.29) is 23.1 Å². The molecule has 150 valence electrons.